The first kappa shape index (κ1) is 40.4. The lowest BCUT2D eigenvalue weighted by atomic mass is 9.33. The highest BCUT2D eigenvalue weighted by atomic mass is 15.2. The molecule has 0 amide bonds. The lowest BCUT2D eigenvalue weighted by Crippen LogP contribution is -2.61. The Labute approximate surface area is 567 Å². The molecule has 5 nitrogen and oxygen atoms in total. The number of para-hydroxylation sites is 4. The fraction of sp³-hybridized carbons (Fsp3) is 0.0920. The van der Waals surface area contributed by atoms with E-state index in [4.69, 9.17) is 4.11 Å². The zero-order valence-corrected chi connectivity index (χ0v) is 51.7. The molecule has 2 aromatic heterocycles. The van der Waals surface area contributed by atoms with Crippen LogP contribution in [0.4, 0.5) is 34.1 Å². The van der Waals surface area contributed by atoms with E-state index in [0.29, 0.717) is 67.3 Å². The predicted molar refractivity (Wildman–Crippen MR) is 393 cm³/mol. The molecule has 15 aromatic rings. The molecule has 0 atom stereocenters. The standard InChI is InChI=1S/C87H66BN5/c1-86(2,3)63-43-38-57(39-44-63)61-42-47-74-81(49-61)93(85-71(58-26-12-8-13-27-58)50-64(87(4,5)6)51-72(85)59-28-14-9-15-29-59)83-54-66(91-75-34-20-16-30-67(75)68-31-17-21-35-76(68)91)53-82-84(83)88(74)73-46-41-60(56-24-10-7-11-25-56)48-80(73)90(82)65-45-40-62(55-89)79(52-65)92-77-36-22-18-32-69(77)70-33-19-23-37-78(70)92/h7-54H,1-6H3/i7D,10D,11D,16D,17D,20D,21D,24D,25D,30D,31D,34D,35D,38D,39D,43D,44D. The van der Waals surface area contributed by atoms with Crippen LogP contribution in [-0.4, -0.2) is 15.8 Å². The predicted octanol–water partition coefficient (Wildman–Crippen LogP) is 21.1. The minimum absolute atomic E-state index is 0.0255. The highest BCUT2D eigenvalue weighted by Gasteiger charge is 2.45. The molecule has 0 radical (unpaired) electrons. The van der Waals surface area contributed by atoms with Crippen LogP contribution in [0.2, 0.25) is 0 Å². The van der Waals surface area contributed by atoms with Gasteiger partial charge < -0.3 is 18.9 Å². The molecule has 442 valence electrons. The zero-order chi connectivity index (χ0) is 77.6. The van der Waals surface area contributed by atoms with E-state index in [1.54, 1.807) is 30.3 Å². The molecule has 2 aliphatic rings. The Morgan fingerprint density at radius 3 is 1.39 bits per heavy atom. The average Bonchev–Trinajstić information content (AvgIpc) is 0.978. The molecule has 4 heterocycles. The average molecular weight is 1210 g/mol. The Balaban J connectivity index is 1.12. The molecular formula is C87H66BN5. The van der Waals surface area contributed by atoms with Crippen molar-refractivity contribution in [3.8, 4) is 62.0 Å². The Morgan fingerprint density at radius 2 is 0.839 bits per heavy atom. The molecule has 0 bridgehead atoms. The minimum atomic E-state index is -0.889. The number of nitriles is 1. The smallest absolute Gasteiger partial charge is 0.252 e. The van der Waals surface area contributed by atoms with Crippen molar-refractivity contribution < 1.29 is 23.3 Å². The van der Waals surface area contributed by atoms with Gasteiger partial charge >= 0.3 is 0 Å². The van der Waals surface area contributed by atoms with Gasteiger partial charge in [0.05, 0.1) is 68.0 Å². The van der Waals surface area contributed by atoms with Crippen molar-refractivity contribution in [1.82, 2.24) is 9.13 Å². The molecule has 0 saturated heterocycles. The molecular weight excluding hydrogens is 1130 g/mol. The Hall–Kier alpha value is -11.4. The molecule has 0 saturated carbocycles. The summed E-state index contributed by atoms with van der Waals surface area (Å²) in [6.07, 6.45) is 0. The molecule has 13 aromatic carbocycles. The van der Waals surface area contributed by atoms with Crippen molar-refractivity contribution >= 4 is 101 Å². The first-order valence-electron chi connectivity index (χ1n) is 39.5. The third-order valence-electron chi connectivity index (χ3n) is 18.3. The molecule has 93 heavy (non-hydrogen) atoms. The summed E-state index contributed by atoms with van der Waals surface area (Å²) < 4.78 is 165. The van der Waals surface area contributed by atoms with Gasteiger partial charge in [-0.25, -0.2) is 0 Å². The van der Waals surface area contributed by atoms with Crippen LogP contribution >= 0.6 is 0 Å². The number of fused-ring (bicyclic) bond motifs is 10. The topological polar surface area (TPSA) is 40.1 Å². The highest BCUT2D eigenvalue weighted by Crippen LogP contribution is 2.53. The normalized spacial score (nSPS) is 15.3. The summed E-state index contributed by atoms with van der Waals surface area (Å²) in [5, 5.41) is 12.9. The van der Waals surface area contributed by atoms with Gasteiger partial charge in [-0.1, -0.05) is 254 Å². The van der Waals surface area contributed by atoms with E-state index < -0.39 is 96.1 Å². The quantitative estimate of drug-likeness (QED) is 0.142. The first-order valence-corrected chi connectivity index (χ1v) is 31.0. The van der Waals surface area contributed by atoms with Crippen LogP contribution in [0.1, 0.15) is 81.5 Å². The fourth-order valence-corrected chi connectivity index (χ4v) is 13.9. The van der Waals surface area contributed by atoms with Gasteiger partial charge in [-0.05, 0) is 151 Å². The number of nitrogens with zero attached hydrogens (tertiary/aromatic N) is 5. The van der Waals surface area contributed by atoms with Crippen molar-refractivity contribution in [2.45, 2.75) is 52.4 Å². The number of aromatic nitrogens is 2. The second kappa shape index (κ2) is 21.4. The van der Waals surface area contributed by atoms with Crippen molar-refractivity contribution in [1.29, 1.82) is 5.26 Å². The van der Waals surface area contributed by atoms with E-state index in [9.17, 15) is 24.5 Å². The van der Waals surface area contributed by atoms with Gasteiger partial charge in [0.2, 0.25) is 0 Å². The van der Waals surface area contributed by atoms with Gasteiger partial charge in [0.1, 0.15) is 6.07 Å². The Kier molecular flexibility index (Phi) is 9.28. The molecule has 0 spiro atoms. The van der Waals surface area contributed by atoms with Gasteiger partial charge in [0.15, 0.2) is 0 Å². The molecule has 2 aliphatic heterocycles. The summed E-state index contributed by atoms with van der Waals surface area (Å²) in [6.45, 7) is 11.1. The lowest BCUT2D eigenvalue weighted by Gasteiger charge is -2.45. The largest absolute Gasteiger partial charge is 0.311 e. The van der Waals surface area contributed by atoms with E-state index in [-0.39, 0.29) is 73.9 Å². The van der Waals surface area contributed by atoms with Crippen molar-refractivity contribution in [2.75, 3.05) is 9.80 Å². The number of rotatable bonds is 8. The lowest BCUT2D eigenvalue weighted by molar-refractivity contribution is 0.590. The van der Waals surface area contributed by atoms with Gasteiger partial charge in [-0.15, -0.1) is 0 Å². The third-order valence-corrected chi connectivity index (χ3v) is 18.3. The number of benzene rings is 13. The fourth-order valence-electron chi connectivity index (χ4n) is 13.9. The van der Waals surface area contributed by atoms with Crippen LogP contribution < -0.4 is 26.2 Å². The maximum Gasteiger partial charge on any atom is 0.252 e. The van der Waals surface area contributed by atoms with E-state index in [2.05, 4.69) is 43.9 Å². The molecule has 0 aliphatic carbocycles. The molecule has 0 N–H and O–H groups in total. The van der Waals surface area contributed by atoms with E-state index in [1.165, 1.54) is 4.57 Å². The van der Waals surface area contributed by atoms with Crippen LogP contribution in [0.15, 0.2) is 291 Å². The summed E-state index contributed by atoms with van der Waals surface area (Å²) in [4.78, 5) is 4.10. The third kappa shape index (κ3) is 8.97. The van der Waals surface area contributed by atoms with Gasteiger partial charge in [0, 0.05) is 61.1 Å². The highest BCUT2D eigenvalue weighted by molar-refractivity contribution is 7.00. The van der Waals surface area contributed by atoms with Crippen molar-refractivity contribution in [3.05, 3.63) is 307 Å². The maximum atomic E-state index is 11.4. The van der Waals surface area contributed by atoms with Crippen molar-refractivity contribution in [2.24, 2.45) is 0 Å². The van der Waals surface area contributed by atoms with Crippen LogP contribution in [0.3, 0.4) is 0 Å². The maximum absolute atomic E-state index is 11.4. The summed E-state index contributed by atoms with van der Waals surface area (Å²) in [5.41, 5.74) is 10.2. The second-order valence-corrected chi connectivity index (χ2v) is 25.9. The summed E-state index contributed by atoms with van der Waals surface area (Å²) >= 11 is 0. The molecule has 0 unspecified atom stereocenters. The molecule has 6 heteroatoms. The molecule has 17 rings (SSSR count). The zero-order valence-electron chi connectivity index (χ0n) is 68.7. The monoisotopic (exact) mass is 1210 g/mol. The van der Waals surface area contributed by atoms with E-state index in [1.807, 2.05) is 176 Å². The van der Waals surface area contributed by atoms with Gasteiger partial charge in [-0.2, -0.15) is 5.26 Å². The Bertz CT molecular complexity index is 6380. The summed E-state index contributed by atoms with van der Waals surface area (Å²) in [7, 11) is 0. The van der Waals surface area contributed by atoms with Crippen LogP contribution in [-0.2, 0) is 10.8 Å². The van der Waals surface area contributed by atoms with E-state index >= 15 is 0 Å². The van der Waals surface area contributed by atoms with Crippen LogP contribution in [0.5, 0.6) is 0 Å². The second-order valence-electron chi connectivity index (χ2n) is 25.9. The minimum Gasteiger partial charge on any atom is -0.311 e. The molecule has 0 fully saturated rings. The van der Waals surface area contributed by atoms with Gasteiger partial charge in [0.25, 0.3) is 6.71 Å². The van der Waals surface area contributed by atoms with Crippen LogP contribution in [0.25, 0.3) is 99.5 Å². The Morgan fingerprint density at radius 1 is 0.355 bits per heavy atom. The number of anilines is 6. The van der Waals surface area contributed by atoms with Crippen molar-refractivity contribution in [3.63, 3.8) is 0 Å². The first-order chi connectivity index (χ1) is 52.4. The summed E-state index contributed by atoms with van der Waals surface area (Å²) in [6, 6.07) is 54.2. The van der Waals surface area contributed by atoms with E-state index in [0.717, 1.165) is 49.6 Å². The summed E-state index contributed by atoms with van der Waals surface area (Å²) in [5.74, 6) is 0. The van der Waals surface area contributed by atoms with Gasteiger partial charge in [-0.3, -0.25) is 0 Å². The SMILES string of the molecule is [2H]c1c([2H])c([2H])c(-c2ccc3c(c2)N(c2ccc(C#N)c(-n4c5ccccc5c5ccccc54)c2)c2cc(-n4c5c([2H])c([2H])c([2H])c([2H])c5c5c([2H])c([2H])c([2H])c([2H])c54)cc4c2B3c2ccc(-c3c([2H])c([2H])c(C(C)(C)C)c([2H])c3[2H])cc2N4c2c(-c3ccccc3)cc(C(C)(C)C)cc2-c2ccccc2)c([2H])c1[2H]. The number of hydrogen-bond donors (Lipinski definition) is 0. The van der Waals surface area contributed by atoms with Crippen LogP contribution in [0, 0.1) is 11.3 Å². The number of hydrogen-bond acceptors (Lipinski definition) is 3.